The number of anilines is 2. The molecule has 8 heteroatoms. The van der Waals surface area contributed by atoms with Gasteiger partial charge in [0, 0.05) is 63.5 Å². The number of amides is 1. The second-order valence-corrected chi connectivity index (χ2v) is 8.43. The van der Waals surface area contributed by atoms with Crippen LogP contribution in [0.3, 0.4) is 0 Å². The highest BCUT2D eigenvalue weighted by atomic mass is 16.1. The van der Waals surface area contributed by atoms with Crippen LogP contribution in [0.25, 0.3) is 0 Å². The Morgan fingerprint density at radius 1 is 1.19 bits per heavy atom. The van der Waals surface area contributed by atoms with Crippen LogP contribution in [0.1, 0.15) is 30.4 Å². The van der Waals surface area contributed by atoms with Crippen molar-refractivity contribution < 1.29 is 4.79 Å². The van der Waals surface area contributed by atoms with Crippen LogP contribution in [0.4, 0.5) is 11.5 Å². The number of hydrogen-bond donors (Lipinski definition) is 3. The lowest BCUT2D eigenvalue weighted by molar-refractivity contribution is -0.116. The topological polar surface area (TPSA) is 84.9 Å². The molecule has 0 spiro atoms. The molecule has 1 unspecified atom stereocenters. The Morgan fingerprint density at radius 3 is 2.81 bits per heavy atom. The first kappa shape index (κ1) is 22.1. The average Bonchev–Trinajstić information content (AvgIpc) is 2.81. The normalized spacial score (nSPS) is 19.3. The molecule has 2 aromatic rings. The molecule has 1 saturated heterocycles. The Labute approximate surface area is 190 Å². The summed E-state index contributed by atoms with van der Waals surface area (Å²) in [5.74, 6) is 1.96. The zero-order valence-corrected chi connectivity index (χ0v) is 19.0. The van der Waals surface area contributed by atoms with Crippen LogP contribution in [0.2, 0.25) is 0 Å². The van der Waals surface area contributed by atoms with Gasteiger partial charge in [0.1, 0.15) is 5.82 Å². The number of piperazine rings is 1. The van der Waals surface area contributed by atoms with Crippen LogP contribution in [0, 0.1) is 0 Å². The lowest BCUT2D eigenvalue weighted by Crippen LogP contribution is -2.44. The van der Waals surface area contributed by atoms with E-state index >= 15 is 0 Å². The molecule has 1 atom stereocenters. The molecule has 1 fully saturated rings. The summed E-state index contributed by atoms with van der Waals surface area (Å²) in [6, 6.07) is 12.2. The quantitative estimate of drug-likeness (QED) is 0.476. The molecule has 0 saturated carbocycles. The summed E-state index contributed by atoms with van der Waals surface area (Å²) >= 11 is 0. The number of likely N-dealkylation sites (N-methyl/N-ethyl adjacent to an activating group) is 1. The molecule has 4 rings (SSSR count). The minimum absolute atomic E-state index is 0.0608. The summed E-state index contributed by atoms with van der Waals surface area (Å²) in [6.45, 7) is 8.16. The molecular weight excluding hydrogens is 402 g/mol. The number of para-hydroxylation sites is 1. The number of hydrogen-bond acceptors (Lipinski definition) is 5. The largest absolute Gasteiger partial charge is 0.357 e. The van der Waals surface area contributed by atoms with Crippen LogP contribution in [0.15, 0.2) is 47.6 Å². The van der Waals surface area contributed by atoms with Crippen molar-refractivity contribution in [3.63, 3.8) is 0 Å². The van der Waals surface area contributed by atoms with Crippen molar-refractivity contribution in [1.29, 1.82) is 0 Å². The van der Waals surface area contributed by atoms with Crippen LogP contribution in [0.5, 0.6) is 0 Å². The second kappa shape index (κ2) is 10.5. The third-order valence-electron chi connectivity index (χ3n) is 6.02. The lowest BCUT2D eigenvalue weighted by Gasteiger charge is -2.33. The number of fused-ring (bicyclic) bond motifs is 1. The summed E-state index contributed by atoms with van der Waals surface area (Å²) in [5, 5.41) is 9.71. The lowest BCUT2D eigenvalue weighted by atomic mass is 9.90. The molecule has 2 aliphatic heterocycles. The Bertz CT molecular complexity index is 953. The van der Waals surface area contributed by atoms with Gasteiger partial charge >= 0.3 is 0 Å². The predicted molar refractivity (Wildman–Crippen MR) is 129 cm³/mol. The van der Waals surface area contributed by atoms with E-state index in [-0.39, 0.29) is 11.8 Å². The third kappa shape index (κ3) is 5.56. The molecule has 1 aromatic carbocycles. The van der Waals surface area contributed by atoms with Gasteiger partial charge in [-0.05, 0) is 43.3 Å². The number of carbonyl (C=O) groups excluding carboxylic acids is 1. The SMILES string of the molecule is CCNC(=NCc1ccnc(N2CCN(C)CC2)c1)NCC1CC(=O)Nc2ccccc21. The van der Waals surface area contributed by atoms with Gasteiger partial charge in [0.15, 0.2) is 5.96 Å². The smallest absolute Gasteiger partial charge is 0.225 e. The number of carbonyl (C=O) groups is 1. The summed E-state index contributed by atoms with van der Waals surface area (Å²) < 4.78 is 0. The monoisotopic (exact) mass is 435 g/mol. The maximum Gasteiger partial charge on any atom is 0.225 e. The standard InChI is InChI=1S/C24H33N7O/c1-3-25-24(28-17-19-15-23(32)29-21-7-5-4-6-20(19)21)27-16-18-8-9-26-22(14-18)31-12-10-30(2)11-13-31/h4-9,14,19H,3,10-13,15-17H2,1-2H3,(H,29,32)(H2,25,27,28). The number of guanidine groups is 1. The fourth-order valence-corrected chi connectivity index (χ4v) is 4.18. The fraction of sp³-hybridized carbons (Fsp3) is 0.458. The Kier molecular flexibility index (Phi) is 7.21. The van der Waals surface area contributed by atoms with Crippen molar-refractivity contribution in [2.24, 2.45) is 4.99 Å². The zero-order valence-electron chi connectivity index (χ0n) is 19.0. The van der Waals surface area contributed by atoms with Gasteiger partial charge in [0.05, 0.1) is 6.54 Å². The van der Waals surface area contributed by atoms with E-state index in [1.54, 1.807) is 0 Å². The maximum absolute atomic E-state index is 12.1. The highest BCUT2D eigenvalue weighted by Crippen LogP contribution is 2.31. The average molecular weight is 436 g/mol. The first-order chi connectivity index (χ1) is 15.6. The van der Waals surface area contributed by atoms with Crippen LogP contribution < -0.4 is 20.9 Å². The summed E-state index contributed by atoms with van der Waals surface area (Å²) in [4.78, 5) is 26.1. The predicted octanol–water partition coefficient (Wildman–Crippen LogP) is 2.01. The van der Waals surface area contributed by atoms with Gasteiger partial charge in [-0.15, -0.1) is 0 Å². The van der Waals surface area contributed by atoms with Gasteiger partial charge < -0.3 is 25.8 Å². The molecule has 3 N–H and O–H groups in total. The minimum atomic E-state index is 0.0608. The van der Waals surface area contributed by atoms with E-state index in [1.807, 2.05) is 30.5 Å². The number of rotatable bonds is 6. The van der Waals surface area contributed by atoms with Crippen LogP contribution in [-0.2, 0) is 11.3 Å². The number of pyridine rings is 1. The summed E-state index contributed by atoms with van der Waals surface area (Å²) in [6.07, 6.45) is 2.35. The fourth-order valence-electron chi connectivity index (χ4n) is 4.18. The van der Waals surface area contributed by atoms with E-state index in [4.69, 9.17) is 4.99 Å². The molecule has 32 heavy (non-hydrogen) atoms. The number of nitrogens with one attached hydrogen (secondary N) is 3. The van der Waals surface area contributed by atoms with Gasteiger partial charge in [-0.3, -0.25) is 4.79 Å². The highest BCUT2D eigenvalue weighted by Gasteiger charge is 2.24. The molecule has 2 aliphatic rings. The van der Waals surface area contributed by atoms with Gasteiger partial charge in [-0.1, -0.05) is 18.2 Å². The van der Waals surface area contributed by atoms with Crippen LogP contribution >= 0.6 is 0 Å². The molecule has 3 heterocycles. The Hall–Kier alpha value is -3.13. The van der Waals surface area contributed by atoms with Gasteiger partial charge in [-0.2, -0.15) is 0 Å². The summed E-state index contributed by atoms with van der Waals surface area (Å²) in [5.41, 5.74) is 3.21. The number of aliphatic imine (C=N–C) groups is 1. The van der Waals surface area contributed by atoms with E-state index in [2.05, 4.69) is 56.8 Å². The van der Waals surface area contributed by atoms with Crippen LogP contribution in [-0.4, -0.2) is 68.1 Å². The van der Waals surface area contributed by atoms with Crippen molar-refractivity contribution in [3.05, 3.63) is 53.7 Å². The van der Waals surface area contributed by atoms with Crippen molar-refractivity contribution >= 4 is 23.4 Å². The Morgan fingerprint density at radius 2 is 2.00 bits per heavy atom. The second-order valence-electron chi connectivity index (χ2n) is 8.43. The number of nitrogens with zero attached hydrogens (tertiary/aromatic N) is 4. The van der Waals surface area contributed by atoms with Crippen molar-refractivity contribution in [1.82, 2.24) is 20.5 Å². The molecule has 170 valence electrons. The number of benzene rings is 1. The first-order valence-corrected chi connectivity index (χ1v) is 11.4. The number of aromatic nitrogens is 1. The van der Waals surface area contributed by atoms with Gasteiger partial charge in [0.25, 0.3) is 0 Å². The van der Waals surface area contributed by atoms with Crippen molar-refractivity contribution in [2.75, 3.05) is 56.5 Å². The maximum atomic E-state index is 12.1. The van der Waals surface area contributed by atoms with Crippen molar-refractivity contribution in [3.8, 4) is 0 Å². The molecular formula is C24H33N7O. The zero-order chi connectivity index (χ0) is 22.3. The van der Waals surface area contributed by atoms with Crippen molar-refractivity contribution in [2.45, 2.75) is 25.8 Å². The van der Waals surface area contributed by atoms with E-state index < -0.39 is 0 Å². The summed E-state index contributed by atoms with van der Waals surface area (Å²) in [7, 11) is 2.16. The highest BCUT2D eigenvalue weighted by molar-refractivity contribution is 5.94. The molecule has 0 radical (unpaired) electrons. The third-order valence-corrected chi connectivity index (χ3v) is 6.02. The Balaban J connectivity index is 1.40. The van der Waals surface area contributed by atoms with Gasteiger partial charge in [0.2, 0.25) is 5.91 Å². The minimum Gasteiger partial charge on any atom is -0.357 e. The first-order valence-electron chi connectivity index (χ1n) is 11.4. The van der Waals surface area contributed by atoms with E-state index in [1.165, 1.54) is 5.56 Å². The molecule has 0 bridgehead atoms. The molecule has 1 aromatic heterocycles. The molecule has 8 nitrogen and oxygen atoms in total. The van der Waals surface area contributed by atoms with Gasteiger partial charge in [-0.25, -0.2) is 9.98 Å². The molecule has 0 aliphatic carbocycles. The van der Waals surface area contributed by atoms with E-state index in [0.29, 0.717) is 19.5 Å². The van der Waals surface area contributed by atoms with E-state index in [9.17, 15) is 4.79 Å². The van der Waals surface area contributed by atoms with E-state index in [0.717, 1.165) is 55.8 Å². The molecule has 1 amide bonds.